The maximum absolute atomic E-state index is 12.6. The minimum atomic E-state index is -0.0279. The molecule has 0 aromatic heterocycles. The molecular weight excluding hydrogens is 456 g/mol. The Kier molecular flexibility index (Phi) is 8.41. The smallest absolute Gasteiger partial charge is 0.233 e. The average molecular weight is 501 g/mol. The zero-order valence-corrected chi connectivity index (χ0v) is 21.9. The van der Waals surface area contributed by atoms with Crippen molar-refractivity contribution in [3.8, 4) is 0 Å². The van der Waals surface area contributed by atoms with Crippen LogP contribution in [0, 0.1) is 23.7 Å². The molecule has 4 amide bonds. The van der Waals surface area contributed by atoms with Crippen LogP contribution < -0.4 is 0 Å². The number of nitrogens with zero attached hydrogens (tertiary/aromatic N) is 4. The summed E-state index contributed by atoms with van der Waals surface area (Å²) in [4.78, 5) is 58.6. The predicted octanol–water partition coefficient (Wildman–Crippen LogP) is 2.51. The first-order valence-corrected chi connectivity index (χ1v) is 14.7. The molecule has 5 fully saturated rings. The number of amides is 4. The second-order valence-corrected chi connectivity index (χ2v) is 11.7. The number of imide groups is 2. The number of unbranched alkanes of at least 4 members (excludes halogenated alkanes) is 2. The SMILES string of the molecule is O=C1[C@H]2CCCC[C@H]2C(=O)N1CCCCN1CCN(CCCCN2C(=O)[C@H]3CCCC[C@H]3C2=O)CC1. The van der Waals surface area contributed by atoms with Gasteiger partial charge in [0.1, 0.15) is 0 Å². The number of carbonyl (C=O) groups excluding carboxylic acids is 4. The summed E-state index contributed by atoms with van der Waals surface area (Å²) < 4.78 is 0. The van der Waals surface area contributed by atoms with Crippen LogP contribution in [0.3, 0.4) is 0 Å². The number of hydrogen-bond acceptors (Lipinski definition) is 6. The van der Waals surface area contributed by atoms with E-state index in [1.165, 1.54) is 0 Å². The Morgan fingerprint density at radius 1 is 0.444 bits per heavy atom. The summed E-state index contributed by atoms with van der Waals surface area (Å²) in [6, 6.07) is 0. The molecule has 5 rings (SSSR count). The number of likely N-dealkylation sites (tertiary alicyclic amines) is 2. The third-order valence-corrected chi connectivity index (χ3v) is 9.54. The van der Waals surface area contributed by atoms with Crippen molar-refractivity contribution in [3.63, 3.8) is 0 Å². The molecule has 0 bridgehead atoms. The molecule has 0 aromatic rings. The molecule has 8 heteroatoms. The monoisotopic (exact) mass is 500 g/mol. The zero-order valence-electron chi connectivity index (χ0n) is 21.9. The average Bonchev–Trinajstić information content (AvgIpc) is 3.30. The third kappa shape index (κ3) is 5.40. The third-order valence-electron chi connectivity index (χ3n) is 9.54. The van der Waals surface area contributed by atoms with Crippen molar-refractivity contribution >= 4 is 23.6 Å². The predicted molar refractivity (Wildman–Crippen MR) is 136 cm³/mol. The van der Waals surface area contributed by atoms with Crippen molar-refractivity contribution in [2.75, 3.05) is 52.4 Å². The fourth-order valence-corrected chi connectivity index (χ4v) is 7.35. The molecule has 5 aliphatic rings. The van der Waals surface area contributed by atoms with E-state index in [9.17, 15) is 19.2 Å². The molecule has 3 heterocycles. The quantitative estimate of drug-likeness (QED) is 0.339. The second-order valence-electron chi connectivity index (χ2n) is 11.7. The lowest BCUT2D eigenvalue weighted by Gasteiger charge is -2.34. The Bertz CT molecular complexity index is 723. The molecular formula is C28H44N4O4. The van der Waals surface area contributed by atoms with Crippen LogP contribution in [0.1, 0.15) is 77.0 Å². The van der Waals surface area contributed by atoms with Gasteiger partial charge in [-0.15, -0.1) is 0 Å². The summed E-state index contributed by atoms with van der Waals surface area (Å²) in [5.74, 6) is 0.259. The van der Waals surface area contributed by atoms with Crippen molar-refractivity contribution in [1.29, 1.82) is 0 Å². The summed E-state index contributed by atoms with van der Waals surface area (Å²) in [6.45, 7) is 7.45. The molecule has 3 aliphatic heterocycles. The van der Waals surface area contributed by atoms with E-state index >= 15 is 0 Å². The molecule has 0 aromatic carbocycles. The van der Waals surface area contributed by atoms with Crippen molar-refractivity contribution in [2.24, 2.45) is 23.7 Å². The highest BCUT2D eigenvalue weighted by Crippen LogP contribution is 2.39. The number of fused-ring (bicyclic) bond motifs is 2. The molecule has 36 heavy (non-hydrogen) atoms. The fourth-order valence-electron chi connectivity index (χ4n) is 7.35. The number of rotatable bonds is 10. The minimum absolute atomic E-state index is 0.0279. The molecule has 200 valence electrons. The highest BCUT2D eigenvalue weighted by molar-refractivity contribution is 6.05. The van der Waals surface area contributed by atoms with Gasteiger partial charge in [0.05, 0.1) is 23.7 Å². The van der Waals surface area contributed by atoms with Gasteiger partial charge >= 0.3 is 0 Å². The van der Waals surface area contributed by atoms with Gasteiger partial charge in [-0.25, -0.2) is 0 Å². The van der Waals surface area contributed by atoms with Crippen LogP contribution in [0.15, 0.2) is 0 Å². The molecule has 8 nitrogen and oxygen atoms in total. The Hall–Kier alpha value is -1.80. The van der Waals surface area contributed by atoms with E-state index < -0.39 is 0 Å². The van der Waals surface area contributed by atoms with Crippen LogP contribution in [0.25, 0.3) is 0 Å². The Balaban J connectivity index is 0.929. The Labute approximate surface area is 215 Å². The van der Waals surface area contributed by atoms with Gasteiger partial charge in [0.25, 0.3) is 0 Å². The van der Waals surface area contributed by atoms with Crippen LogP contribution in [-0.2, 0) is 19.2 Å². The largest absolute Gasteiger partial charge is 0.301 e. The first-order chi connectivity index (χ1) is 17.5. The highest BCUT2D eigenvalue weighted by atomic mass is 16.2. The lowest BCUT2D eigenvalue weighted by Crippen LogP contribution is -2.47. The van der Waals surface area contributed by atoms with Crippen molar-refractivity contribution < 1.29 is 19.2 Å². The van der Waals surface area contributed by atoms with Crippen LogP contribution in [0.4, 0.5) is 0 Å². The fraction of sp³-hybridized carbons (Fsp3) is 0.857. The number of carbonyl (C=O) groups is 4. The van der Waals surface area contributed by atoms with E-state index in [0.717, 1.165) is 116 Å². The van der Waals surface area contributed by atoms with E-state index in [-0.39, 0.29) is 47.3 Å². The molecule has 2 aliphatic carbocycles. The maximum atomic E-state index is 12.6. The lowest BCUT2D eigenvalue weighted by atomic mass is 9.81. The van der Waals surface area contributed by atoms with E-state index in [1.54, 1.807) is 9.80 Å². The summed E-state index contributed by atoms with van der Waals surface area (Å²) >= 11 is 0. The number of piperazine rings is 1. The first-order valence-electron chi connectivity index (χ1n) is 14.7. The first kappa shape index (κ1) is 25.8. The molecule has 0 spiro atoms. The van der Waals surface area contributed by atoms with Crippen molar-refractivity contribution in [1.82, 2.24) is 19.6 Å². The Morgan fingerprint density at radius 2 is 0.722 bits per heavy atom. The molecule has 0 unspecified atom stereocenters. The molecule has 2 saturated carbocycles. The summed E-state index contributed by atoms with van der Waals surface area (Å²) in [7, 11) is 0. The van der Waals surface area contributed by atoms with Crippen LogP contribution in [-0.4, -0.2) is 95.6 Å². The lowest BCUT2D eigenvalue weighted by molar-refractivity contribution is -0.141. The van der Waals surface area contributed by atoms with Crippen LogP contribution in [0.2, 0.25) is 0 Å². The van der Waals surface area contributed by atoms with E-state index in [4.69, 9.17) is 0 Å². The van der Waals surface area contributed by atoms with Gasteiger partial charge in [-0.2, -0.15) is 0 Å². The number of hydrogen-bond donors (Lipinski definition) is 0. The molecule has 0 N–H and O–H groups in total. The van der Waals surface area contributed by atoms with Gasteiger partial charge in [-0.3, -0.25) is 29.0 Å². The molecule has 0 radical (unpaired) electrons. The topological polar surface area (TPSA) is 81.2 Å². The minimum Gasteiger partial charge on any atom is -0.301 e. The van der Waals surface area contributed by atoms with Gasteiger partial charge in [0.15, 0.2) is 0 Å². The summed E-state index contributed by atoms with van der Waals surface area (Å²) in [6.07, 6.45) is 11.7. The van der Waals surface area contributed by atoms with E-state index in [0.29, 0.717) is 13.1 Å². The van der Waals surface area contributed by atoms with Gasteiger partial charge in [0.2, 0.25) is 23.6 Å². The summed E-state index contributed by atoms with van der Waals surface area (Å²) in [5, 5.41) is 0. The standard InChI is InChI=1S/C28H44N4O4/c33-25-21-9-1-2-10-22(21)26(34)31(25)15-7-5-13-29-17-19-30(20-18-29)14-6-8-16-32-27(35)23-11-3-4-12-24(23)28(32)36/h21-24H,1-20H2/t21-,22+,23-,24+. The van der Waals surface area contributed by atoms with E-state index in [1.807, 2.05) is 0 Å². The maximum Gasteiger partial charge on any atom is 0.233 e. The van der Waals surface area contributed by atoms with Crippen LogP contribution in [0.5, 0.6) is 0 Å². The van der Waals surface area contributed by atoms with Gasteiger partial charge in [0, 0.05) is 39.3 Å². The van der Waals surface area contributed by atoms with Gasteiger partial charge in [-0.1, -0.05) is 25.7 Å². The molecule has 4 atom stereocenters. The van der Waals surface area contributed by atoms with Crippen molar-refractivity contribution in [2.45, 2.75) is 77.0 Å². The zero-order chi connectivity index (χ0) is 25.1. The van der Waals surface area contributed by atoms with Crippen molar-refractivity contribution in [3.05, 3.63) is 0 Å². The second kappa shape index (κ2) is 11.7. The van der Waals surface area contributed by atoms with Gasteiger partial charge < -0.3 is 9.80 Å². The normalized spacial score (nSPS) is 31.9. The van der Waals surface area contributed by atoms with Gasteiger partial charge in [-0.05, 0) is 64.5 Å². The van der Waals surface area contributed by atoms with Crippen LogP contribution >= 0.6 is 0 Å². The highest BCUT2D eigenvalue weighted by Gasteiger charge is 2.48. The molecule has 3 saturated heterocycles. The summed E-state index contributed by atoms with van der Waals surface area (Å²) in [5.41, 5.74) is 0. The Morgan fingerprint density at radius 3 is 1.03 bits per heavy atom. The van der Waals surface area contributed by atoms with E-state index in [2.05, 4.69) is 9.80 Å².